The number of carbonyl (C=O) groups excluding carboxylic acids is 1. The van der Waals surface area contributed by atoms with Crippen molar-refractivity contribution < 1.29 is 9.53 Å². The number of amides is 1. The fourth-order valence-corrected chi connectivity index (χ4v) is 5.69. The summed E-state index contributed by atoms with van der Waals surface area (Å²) in [4.78, 5) is 18.1. The molecule has 1 N–H and O–H groups in total. The lowest BCUT2D eigenvalue weighted by molar-refractivity contribution is 0.0956. The number of rotatable bonds is 7. The number of nitrogens with zero attached hydrogens (tertiary/aromatic N) is 2. The number of halogens is 2. The van der Waals surface area contributed by atoms with E-state index in [0.717, 1.165) is 32.8 Å². The van der Waals surface area contributed by atoms with Crippen LogP contribution in [0.4, 0.5) is 0 Å². The molecule has 0 radical (unpaired) electrons. The van der Waals surface area contributed by atoms with Crippen LogP contribution in [0, 0.1) is 0 Å². The van der Waals surface area contributed by atoms with Gasteiger partial charge in [0.2, 0.25) is 0 Å². The fraction of sp³-hybridized carbons (Fsp3) is 0.0294. The lowest BCUT2D eigenvalue weighted by Crippen LogP contribution is -2.18. The van der Waals surface area contributed by atoms with Crippen LogP contribution in [0.5, 0.6) is 5.75 Å². The number of benzene rings is 5. The summed E-state index contributed by atoms with van der Waals surface area (Å²) in [5, 5.41) is 7.79. The zero-order valence-corrected chi connectivity index (χ0v) is 24.1. The van der Waals surface area contributed by atoms with Crippen molar-refractivity contribution in [3.05, 3.63) is 141 Å². The summed E-state index contributed by atoms with van der Waals surface area (Å²) < 4.78 is 6.95. The summed E-state index contributed by atoms with van der Waals surface area (Å²) in [5.74, 6) is 0.220. The first-order valence-corrected chi connectivity index (χ1v) is 14.1. The maximum Gasteiger partial charge on any atom is 0.272 e. The van der Waals surface area contributed by atoms with Gasteiger partial charge in [-0.25, -0.2) is 10.4 Å². The van der Waals surface area contributed by atoms with Gasteiger partial charge in [0.15, 0.2) is 0 Å². The molecule has 7 heteroatoms. The molecule has 41 heavy (non-hydrogen) atoms. The normalized spacial score (nSPS) is 11.3. The van der Waals surface area contributed by atoms with E-state index in [1.807, 2.05) is 78.9 Å². The van der Waals surface area contributed by atoms with E-state index in [9.17, 15) is 4.79 Å². The van der Waals surface area contributed by atoms with Crippen LogP contribution in [0.3, 0.4) is 0 Å². The van der Waals surface area contributed by atoms with Crippen LogP contribution in [-0.2, 0) is 6.61 Å². The van der Waals surface area contributed by atoms with E-state index in [1.54, 1.807) is 18.2 Å². The van der Waals surface area contributed by atoms with E-state index >= 15 is 0 Å². The van der Waals surface area contributed by atoms with Gasteiger partial charge in [-0.05, 0) is 56.5 Å². The maximum atomic E-state index is 13.4. The van der Waals surface area contributed by atoms with Gasteiger partial charge >= 0.3 is 0 Å². The summed E-state index contributed by atoms with van der Waals surface area (Å²) in [6, 6.07) is 36.9. The van der Waals surface area contributed by atoms with Crippen LogP contribution >= 0.6 is 27.5 Å². The van der Waals surface area contributed by atoms with Crippen LogP contribution in [0.15, 0.2) is 125 Å². The van der Waals surface area contributed by atoms with Gasteiger partial charge in [-0.15, -0.1) is 0 Å². The van der Waals surface area contributed by atoms with Gasteiger partial charge < -0.3 is 4.74 Å². The highest BCUT2D eigenvalue weighted by Crippen LogP contribution is 2.33. The second-order valence-electron chi connectivity index (χ2n) is 9.37. The molecule has 6 rings (SSSR count). The smallest absolute Gasteiger partial charge is 0.272 e. The Balaban J connectivity index is 1.27. The maximum absolute atomic E-state index is 13.4. The van der Waals surface area contributed by atoms with Crippen molar-refractivity contribution in [2.45, 2.75) is 6.61 Å². The number of fused-ring (bicyclic) bond motifs is 2. The summed E-state index contributed by atoms with van der Waals surface area (Å²) in [5.41, 5.74) is 7.19. The minimum Gasteiger partial charge on any atom is -0.487 e. The number of para-hydroxylation sites is 1. The summed E-state index contributed by atoms with van der Waals surface area (Å²) in [6.07, 6.45) is 1.54. The number of hydrazone groups is 1. The Morgan fingerprint density at radius 3 is 2.46 bits per heavy atom. The molecule has 0 spiro atoms. The van der Waals surface area contributed by atoms with E-state index in [2.05, 4.69) is 44.7 Å². The minimum absolute atomic E-state index is 0.347. The van der Waals surface area contributed by atoms with E-state index < -0.39 is 0 Å². The van der Waals surface area contributed by atoms with Gasteiger partial charge in [-0.1, -0.05) is 103 Å². The van der Waals surface area contributed by atoms with Crippen molar-refractivity contribution in [3.63, 3.8) is 0 Å². The Kier molecular flexibility index (Phi) is 7.76. The molecule has 0 aliphatic rings. The quantitative estimate of drug-likeness (QED) is 0.143. The molecule has 6 aromatic rings. The first kappa shape index (κ1) is 26.7. The first-order valence-electron chi connectivity index (χ1n) is 12.9. The van der Waals surface area contributed by atoms with E-state index in [0.29, 0.717) is 38.7 Å². The Morgan fingerprint density at radius 2 is 1.61 bits per heavy atom. The summed E-state index contributed by atoms with van der Waals surface area (Å²) in [6.45, 7) is 0.347. The van der Waals surface area contributed by atoms with Gasteiger partial charge in [0.05, 0.1) is 27.5 Å². The highest BCUT2D eigenvalue weighted by molar-refractivity contribution is 9.10. The first-order chi connectivity index (χ1) is 20.1. The van der Waals surface area contributed by atoms with Gasteiger partial charge in [0.25, 0.3) is 5.91 Å². The highest BCUT2D eigenvalue weighted by Gasteiger charge is 2.15. The molecule has 1 aromatic heterocycles. The van der Waals surface area contributed by atoms with Crippen molar-refractivity contribution in [3.8, 4) is 17.0 Å². The van der Waals surface area contributed by atoms with Crippen LogP contribution in [0.2, 0.25) is 5.02 Å². The average Bonchev–Trinajstić information content (AvgIpc) is 3.00. The van der Waals surface area contributed by atoms with Gasteiger partial charge in [-0.2, -0.15) is 5.10 Å². The standard InChI is InChI=1S/C34H23BrClN3O2/c35-30-18-26(36)17-25(33(30)41-21-24-13-8-12-22-9-4-5-14-27(22)24)20-37-39-34(40)29-19-32(23-10-2-1-3-11-23)38-31-16-7-6-15-28(29)31/h1-20H,21H2,(H,39,40)/b37-20-. The molecule has 0 bridgehead atoms. The van der Waals surface area contributed by atoms with Gasteiger partial charge in [-0.3, -0.25) is 4.79 Å². The summed E-state index contributed by atoms with van der Waals surface area (Å²) in [7, 11) is 0. The molecule has 5 aromatic carbocycles. The molecule has 0 unspecified atom stereocenters. The Hall–Kier alpha value is -4.52. The van der Waals surface area contributed by atoms with Crippen molar-refractivity contribution in [2.75, 3.05) is 0 Å². The number of nitrogens with one attached hydrogen (secondary N) is 1. The van der Waals surface area contributed by atoms with Crippen LogP contribution in [-0.4, -0.2) is 17.1 Å². The molecule has 200 valence electrons. The zero-order valence-electron chi connectivity index (χ0n) is 21.7. The molecule has 0 aliphatic heterocycles. The number of hydrogen-bond donors (Lipinski definition) is 1. The van der Waals surface area contributed by atoms with Gasteiger partial charge in [0.1, 0.15) is 12.4 Å². The van der Waals surface area contributed by atoms with Crippen molar-refractivity contribution in [1.82, 2.24) is 10.4 Å². The monoisotopic (exact) mass is 619 g/mol. The van der Waals surface area contributed by atoms with Crippen molar-refractivity contribution >= 4 is 61.3 Å². The molecule has 0 saturated heterocycles. The van der Waals surface area contributed by atoms with Crippen molar-refractivity contribution in [1.29, 1.82) is 0 Å². The molecular formula is C34H23BrClN3O2. The highest BCUT2D eigenvalue weighted by atomic mass is 79.9. The Labute approximate surface area is 250 Å². The second kappa shape index (κ2) is 11.9. The summed E-state index contributed by atoms with van der Waals surface area (Å²) >= 11 is 9.92. The molecule has 1 heterocycles. The number of hydrogen-bond acceptors (Lipinski definition) is 4. The minimum atomic E-state index is -0.351. The van der Waals surface area contributed by atoms with E-state index in [1.165, 1.54) is 6.21 Å². The van der Waals surface area contributed by atoms with Crippen LogP contribution in [0.1, 0.15) is 21.5 Å². The number of pyridine rings is 1. The third-order valence-corrected chi connectivity index (χ3v) is 7.50. The SMILES string of the molecule is O=C(N/N=C\c1cc(Cl)cc(Br)c1OCc1cccc2ccccc12)c1cc(-c2ccccc2)nc2ccccc12. The van der Waals surface area contributed by atoms with Gasteiger partial charge in [0, 0.05) is 21.5 Å². The molecule has 0 saturated carbocycles. The predicted molar refractivity (Wildman–Crippen MR) is 170 cm³/mol. The molecule has 0 atom stereocenters. The third kappa shape index (κ3) is 5.85. The van der Waals surface area contributed by atoms with Crippen LogP contribution < -0.4 is 10.2 Å². The topological polar surface area (TPSA) is 63.6 Å². The number of ether oxygens (including phenoxy) is 1. The Morgan fingerprint density at radius 1 is 0.878 bits per heavy atom. The van der Waals surface area contributed by atoms with Crippen LogP contribution in [0.25, 0.3) is 32.9 Å². The molecule has 5 nitrogen and oxygen atoms in total. The average molecular weight is 621 g/mol. The lowest BCUT2D eigenvalue weighted by Gasteiger charge is -2.13. The lowest BCUT2D eigenvalue weighted by atomic mass is 10.0. The second-order valence-corrected chi connectivity index (χ2v) is 10.7. The number of aromatic nitrogens is 1. The molecular weight excluding hydrogens is 598 g/mol. The Bertz CT molecular complexity index is 1920. The van der Waals surface area contributed by atoms with Crippen molar-refractivity contribution in [2.24, 2.45) is 5.10 Å². The van der Waals surface area contributed by atoms with E-state index in [4.69, 9.17) is 21.3 Å². The molecule has 0 fully saturated rings. The third-order valence-electron chi connectivity index (χ3n) is 6.69. The largest absolute Gasteiger partial charge is 0.487 e. The molecule has 0 aliphatic carbocycles. The molecule has 1 amide bonds. The van der Waals surface area contributed by atoms with E-state index in [-0.39, 0.29) is 5.91 Å². The number of carbonyl (C=O) groups is 1. The fourth-order valence-electron chi connectivity index (χ4n) is 4.74. The zero-order chi connectivity index (χ0) is 28.2. The predicted octanol–water partition coefficient (Wildman–Crippen LogP) is 8.81.